The minimum Gasteiger partial charge on any atom is -0.349 e. The van der Waals surface area contributed by atoms with Gasteiger partial charge in [0.25, 0.3) is 0 Å². The first-order chi connectivity index (χ1) is 9.16. The van der Waals surface area contributed by atoms with Crippen molar-refractivity contribution in [1.29, 1.82) is 0 Å². The number of carbonyl (C=O) groups is 1. The smallest absolute Gasteiger partial charge is 0.222 e. The fourth-order valence-corrected chi connectivity index (χ4v) is 2.17. The minimum absolute atomic E-state index is 0. The maximum absolute atomic E-state index is 12.0. The van der Waals surface area contributed by atoms with Crippen LogP contribution >= 0.6 is 0 Å². The first-order valence-electron chi connectivity index (χ1n) is 6.46. The molecule has 0 bridgehead atoms. The van der Waals surface area contributed by atoms with Crippen molar-refractivity contribution >= 4 is 5.91 Å². The molecule has 0 radical (unpaired) electrons. The fraction of sp³-hybridized carbons (Fsp3) is 0.235. The molecule has 0 aromatic heterocycles. The Morgan fingerprint density at radius 3 is 2.50 bits per heavy atom. The summed E-state index contributed by atoms with van der Waals surface area (Å²) in [4.78, 5) is 12.0. The van der Waals surface area contributed by atoms with Crippen LogP contribution in [-0.2, 0) is 32.3 Å². The Bertz CT molecular complexity index is 554. The molecule has 104 valence electrons. The summed E-state index contributed by atoms with van der Waals surface area (Å²) in [6.45, 7) is 4.07. The molecule has 0 saturated carbocycles. The van der Waals surface area contributed by atoms with Gasteiger partial charge in [-0.05, 0) is 25.0 Å². The van der Waals surface area contributed by atoms with Crippen LogP contribution < -0.4 is 5.32 Å². The van der Waals surface area contributed by atoms with Crippen LogP contribution in [0.5, 0.6) is 0 Å². The van der Waals surface area contributed by atoms with Gasteiger partial charge in [0.05, 0.1) is 6.04 Å². The summed E-state index contributed by atoms with van der Waals surface area (Å²) in [5.41, 5.74) is 3.37. The van der Waals surface area contributed by atoms with Gasteiger partial charge in [0.15, 0.2) is 0 Å². The molecule has 0 heterocycles. The summed E-state index contributed by atoms with van der Waals surface area (Å²) in [5.74, 6) is 0.0435. The van der Waals surface area contributed by atoms with Crippen molar-refractivity contribution in [3.63, 3.8) is 0 Å². The molecule has 0 saturated heterocycles. The van der Waals surface area contributed by atoms with Gasteiger partial charge < -0.3 is 5.32 Å². The average molecular weight is 436 g/mol. The Labute approximate surface area is 134 Å². The summed E-state index contributed by atoms with van der Waals surface area (Å²) >= 11 is 0. The van der Waals surface area contributed by atoms with E-state index in [9.17, 15) is 4.79 Å². The predicted octanol–water partition coefficient (Wildman–Crippen LogP) is 3.21. The molecule has 1 amide bonds. The zero-order valence-electron chi connectivity index (χ0n) is 11.7. The largest absolute Gasteiger partial charge is 0.349 e. The standard InChI is InChI=1S/C17H18NO.W/c1-13-8-6-7-11-16(13)14(2)18-17(19)12-15-9-4-3-5-10-15;/h4-11,14H,12H2,1-2H3,(H,18,19);/q-1;. The number of nitrogens with one attached hydrogen (secondary N) is 1. The van der Waals surface area contributed by atoms with E-state index in [-0.39, 0.29) is 33.0 Å². The van der Waals surface area contributed by atoms with E-state index in [0.717, 1.165) is 11.1 Å². The number of rotatable bonds is 4. The third kappa shape index (κ3) is 4.61. The molecule has 1 unspecified atom stereocenters. The Morgan fingerprint density at radius 2 is 1.85 bits per heavy atom. The summed E-state index contributed by atoms with van der Waals surface area (Å²) < 4.78 is 0. The van der Waals surface area contributed by atoms with E-state index in [2.05, 4.69) is 30.4 Å². The van der Waals surface area contributed by atoms with Crippen LogP contribution in [-0.4, -0.2) is 5.91 Å². The van der Waals surface area contributed by atoms with Crippen LogP contribution in [0.1, 0.15) is 29.7 Å². The van der Waals surface area contributed by atoms with E-state index in [4.69, 9.17) is 0 Å². The number of hydrogen-bond donors (Lipinski definition) is 1. The van der Waals surface area contributed by atoms with E-state index in [1.54, 1.807) is 0 Å². The van der Waals surface area contributed by atoms with Crippen molar-refractivity contribution in [2.24, 2.45) is 0 Å². The first-order valence-corrected chi connectivity index (χ1v) is 6.46. The second-order valence-corrected chi connectivity index (χ2v) is 4.73. The number of benzene rings is 2. The molecule has 2 aromatic rings. The zero-order chi connectivity index (χ0) is 13.7. The van der Waals surface area contributed by atoms with Crippen molar-refractivity contribution in [3.05, 3.63) is 71.3 Å². The Hall–Kier alpha value is -1.40. The topological polar surface area (TPSA) is 29.1 Å². The van der Waals surface area contributed by atoms with Crippen LogP contribution in [0.25, 0.3) is 0 Å². The summed E-state index contributed by atoms with van der Waals surface area (Å²) in [6.07, 6.45) is 0.408. The van der Waals surface area contributed by atoms with Crippen LogP contribution in [0.2, 0.25) is 0 Å². The van der Waals surface area contributed by atoms with Crippen LogP contribution in [0.4, 0.5) is 0 Å². The Morgan fingerprint density at radius 1 is 1.20 bits per heavy atom. The van der Waals surface area contributed by atoms with E-state index < -0.39 is 0 Å². The quantitative estimate of drug-likeness (QED) is 0.734. The van der Waals surface area contributed by atoms with E-state index in [1.807, 2.05) is 43.3 Å². The monoisotopic (exact) mass is 436 g/mol. The molecule has 1 atom stereocenters. The van der Waals surface area contributed by atoms with Crippen LogP contribution in [0, 0.1) is 13.0 Å². The van der Waals surface area contributed by atoms with Gasteiger partial charge in [0.2, 0.25) is 5.91 Å². The van der Waals surface area contributed by atoms with Gasteiger partial charge in [-0.2, -0.15) is 30.3 Å². The predicted molar refractivity (Wildman–Crippen MR) is 76.7 cm³/mol. The molecule has 2 rings (SSSR count). The number of amides is 1. The molecule has 0 aliphatic rings. The second kappa shape index (κ2) is 8.01. The van der Waals surface area contributed by atoms with Crippen LogP contribution in [0.15, 0.2) is 48.5 Å². The van der Waals surface area contributed by atoms with Crippen molar-refractivity contribution in [3.8, 4) is 0 Å². The molecule has 0 spiro atoms. The summed E-state index contributed by atoms with van der Waals surface area (Å²) in [7, 11) is 0. The molecule has 1 N–H and O–H groups in total. The zero-order valence-corrected chi connectivity index (χ0v) is 14.7. The molecule has 3 heteroatoms. The second-order valence-electron chi connectivity index (χ2n) is 4.73. The molecular formula is C17H18NOW-. The van der Waals surface area contributed by atoms with Crippen LogP contribution in [0.3, 0.4) is 0 Å². The Balaban J connectivity index is 0.00000200. The van der Waals surface area contributed by atoms with E-state index >= 15 is 0 Å². The van der Waals surface area contributed by atoms with Gasteiger partial charge >= 0.3 is 0 Å². The van der Waals surface area contributed by atoms with Crippen molar-refractivity contribution in [2.75, 3.05) is 0 Å². The number of aryl methyl sites for hydroxylation is 1. The Kier molecular flexibility index (Phi) is 6.67. The van der Waals surface area contributed by atoms with E-state index in [0.29, 0.717) is 6.42 Å². The molecule has 2 nitrogen and oxygen atoms in total. The van der Waals surface area contributed by atoms with Gasteiger partial charge in [0.1, 0.15) is 0 Å². The normalized spacial score (nSPS) is 11.3. The molecule has 20 heavy (non-hydrogen) atoms. The van der Waals surface area contributed by atoms with Crippen molar-refractivity contribution in [2.45, 2.75) is 26.3 Å². The van der Waals surface area contributed by atoms with Crippen molar-refractivity contribution < 1.29 is 25.9 Å². The SMILES string of the molecule is Cc1ccccc1C(C)NC(=O)Cc1cc[c-]cc1.[W]. The molecule has 0 aliphatic heterocycles. The number of hydrogen-bond acceptors (Lipinski definition) is 1. The molecule has 0 fully saturated rings. The summed E-state index contributed by atoms with van der Waals surface area (Å²) in [5, 5.41) is 3.04. The third-order valence-electron chi connectivity index (χ3n) is 3.18. The van der Waals surface area contributed by atoms with Gasteiger partial charge in [-0.15, -0.1) is 5.56 Å². The maximum Gasteiger partial charge on any atom is 0.222 e. The third-order valence-corrected chi connectivity index (χ3v) is 3.18. The van der Waals surface area contributed by atoms with Gasteiger partial charge in [-0.1, -0.05) is 24.3 Å². The summed E-state index contributed by atoms with van der Waals surface area (Å²) in [6, 6.07) is 18.6. The minimum atomic E-state index is 0. The average Bonchev–Trinajstić information content (AvgIpc) is 2.40. The number of carbonyl (C=O) groups excluding carboxylic acids is 1. The maximum atomic E-state index is 12.0. The first kappa shape index (κ1) is 16.7. The van der Waals surface area contributed by atoms with Gasteiger partial charge in [-0.25, -0.2) is 0 Å². The van der Waals surface area contributed by atoms with Crippen molar-refractivity contribution in [1.82, 2.24) is 5.32 Å². The molecule has 2 aromatic carbocycles. The van der Waals surface area contributed by atoms with E-state index in [1.165, 1.54) is 5.56 Å². The molecular weight excluding hydrogens is 418 g/mol. The van der Waals surface area contributed by atoms with Gasteiger partial charge in [0, 0.05) is 27.5 Å². The molecule has 0 aliphatic carbocycles. The van der Waals surface area contributed by atoms with Gasteiger partial charge in [-0.3, -0.25) is 4.79 Å². The fourth-order valence-electron chi connectivity index (χ4n) is 2.17.